The molecule has 0 radical (unpaired) electrons. The molecule has 1 rings (SSSR count). The zero-order valence-corrected chi connectivity index (χ0v) is 24.1. The molecule has 0 spiro atoms. The number of ether oxygens (including phenoxy) is 1. The average molecular weight is 563 g/mol. The molecule has 0 bridgehead atoms. The zero-order chi connectivity index (χ0) is 29.9. The summed E-state index contributed by atoms with van der Waals surface area (Å²) in [5, 5.41) is 13.4. The van der Waals surface area contributed by atoms with Crippen LogP contribution >= 0.6 is 0 Å². The van der Waals surface area contributed by atoms with Crippen molar-refractivity contribution in [1.82, 2.24) is 21.3 Å². The largest absolute Gasteiger partial charge is 0.445 e. The van der Waals surface area contributed by atoms with Crippen molar-refractivity contribution in [3.63, 3.8) is 0 Å². The molecular weight excluding hydrogens is 516 g/mol. The van der Waals surface area contributed by atoms with Gasteiger partial charge in [-0.15, -0.1) is 0 Å². The Balaban J connectivity index is 2.85. The monoisotopic (exact) mass is 562 g/mol. The van der Waals surface area contributed by atoms with E-state index >= 15 is 0 Å². The van der Waals surface area contributed by atoms with Crippen molar-refractivity contribution < 1.29 is 28.7 Å². The molecule has 0 saturated heterocycles. The van der Waals surface area contributed by atoms with Gasteiger partial charge in [0, 0.05) is 25.2 Å². The van der Waals surface area contributed by atoms with Gasteiger partial charge in [0.25, 0.3) is 0 Å². The van der Waals surface area contributed by atoms with Crippen LogP contribution in [0.3, 0.4) is 0 Å². The second kappa shape index (κ2) is 19.3. The molecule has 224 valence electrons. The van der Waals surface area contributed by atoms with E-state index in [-0.39, 0.29) is 31.4 Å². The molecule has 0 aliphatic carbocycles. The van der Waals surface area contributed by atoms with Crippen LogP contribution in [0.25, 0.3) is 0 Å². The SMILES string of the molecule is CCCCCCC(=O)NC(C(=O)NC(CCCNC(N)=O)C(=O)Nc1ccc(COC(=O)NCC)cc1)C(C)C. The molecule has 12 nitrogen and oxygen atoms in total. The minimum Gasteiger partial charge on any atom is -0.445 e. The highest BCUT2D eigenvalue weighted by molar-refractivity contribution is 5.98. The van der Waals surface area contributed by atoms with Crippen molar-refractivity contribution in [3.05, 3.63) is 29.8 Å². The Morgan fingerprint density at radius 3 is 2.17 bits per heavy atom. The quantitative estimate of drug-likeness (QED) is 0.150. The van der Waals surface area contributed by atoms with Crippen LogP contribution in [0.15, 0.2) is 24.3 Å². The van der Waals surface area contributed by atoms with Crippen molar-refractivity contribution in [2.45, 2.75) is 91.3 Å². The topological polar surface area (TPSA) is 181 Å². The van der Waals surface area contributed by atoms with Gasteiger partial charge in [-0.05, 0) is 49.8 Å². The molecule has 1 aromatic carbocycles. The van der Waals surface area contributed by atoms with E-state index in [4.69, 9.17) is 10.5 Å². The van der Waals surface area contributed by atoms with Crippen LogP contribution in [-0.4, -0.2) is 55.0 Å². The van der Waals surface area contributed by atoms with Gasteiger partial charge in [0.15, 0.2) is 0 Å². The molecule has 0 saturated carbocycles. The average Bonchev–Trinajstić information content (AvgIpc) is 2.90. The van der Waals surface area contributed by atoms with Gasteiger partial charge in [-0.3, -0.25) is 14.4 Å². The Labute approximate surface area is 236 Å². The number of nitrogens with two attached hydrogens (primary N) is 1. The predicted molar refractivity (Wildman–Crippen MR) is 153 cm³/mol. The summed E-state index contributed by atoms with van der Waals surface area (Å²) in [5.41, 5.74) is 6.34. The smallest absolute Gasteiger partial charge is 0.407 e. The molecule has 7 N–H and O–H groups in total. The summed E-state index contributed by atoms with van der Waals surface area (Å²) < 4.78 is 5.09. The van der Waals surface area contributed by atoms with Crippen molar-refractivity contribution in [2.24, 2.45) is 11.7 Å². The number of anilines is 1. The first-order valence-corrected chi connectivity index (χ1v) is 14.0. The van der Waals surface area contributed by atoms with Crippen molar-refractivity contribution >= 4 is 35.5 Å². The van der Waals surface area contributed by atoms with Crippen LogP contribution in [0.5, 0.6) is 0 Å². The summed E-state index contributed by atoms with van der Waals surface area (Å²) in [6.07, 6.45) is 4.25. The van der Waals surface area contributed by atoms with E-state index in [2.05, 4.69) is 33.5 Å². The molecule has 6 amide bonds. The Kier molecular flexibility index (Phi) is 16.5. The molecule has 2 atom stereocenters. The Hall–Kier alpha value is -3.83. The number of carbonyl (C=O) groups is 5. The molecular formula is C28H46N6O6. The number of urea groups is 1. The molecule has 12 heteroatoms. The first kappa shape index (κ1) is 34.2. The fraction of sp³-hybridized carbons (Fsp3) is 0.607. The van der Waals surface area contributed by atoms with Crippen LogP contribution in [-0.2, 0) is 25.7 Å². The van der Waals surface area contributed by atoms with E-state index < -0.39 is 36.0 Å². The van der Waals surface area contributed by atoms with Crippen LogP contribution in [0.4, 0.5) is 15.3 Å². The number of rotatable bonds is 18. The van der Waals surface area contributed by atoms with Crippen molar-refractivity contribution in [1.29, 1.82) is 0 Å². The van der Waals surface area contributed by atoms with E-state index in [0.717, 1.165) is 31.2 Å². The highest BCUT2D eigenvalue weighted by atomic mass is 16.5. The predicted octanol–water partition coefficient (Wildman–Crippen LogP) is 2.92. The fourth-order valence-corrected chi connectivity index (χ4v) is 3.80. The van der Waals surface area contributed by atoms with E-state index in [1.165, 1.54) is 0 Å². The van der Waals surface area contributed by atoms with E-state index in [0.29, 0.717) is 25.1 Å². The lowest BCUT2D eigenvalue weighted by atomic mass is 10.0. The minimum absolute atomic E-state index is 0.0759. The van der Waals surface area contributed by atoms with E-state index in [1.807, 2.05) is 13.8 Å². The number of primary amides is 1. The maximum atomic E-state index is 13.2. The Bertz CT molecular complexity index is 953. The van der Waals surface area contributed by atoms with Crippen molar-refractivity contribution in [3.8, 4) is 0 Å². The lowest BCUT2D eigenvalue weighted by molar-refractivity contribution is -0.132. The summed E-state index contributed by atoms with van der Waals surface area (Å²) in [6.45, 7) is 8.30. The first-order valence-electron chi connectivity index (χ1n) is 14.0. The number of hydrogen-bond acceptors (Lipinski definition) is 6. The molecule has 0 aliphatic rings. The summed E-state index contributed by atoms with van der Waals surface area (Å²) in [6, 6.07) is 4.35. The van der Waals surface area contributed by atoms with Gasteiger partial charge in [-0.1, -0.05) is 52.2 Å². The van der Waals surface area contributed by atoms with Crippen molar-refractivity contribution in [2.75, 3.05) is 18.4 Å². The maximum Gasteiger partial charge on any atom is 0.407 e. The van der Waals surface area contributed by atoms with Gasteiger partial charge < -0.3 is 37.1 Å². The van der Waals surface area contributed by atoms with Gasteiger partial charge in [0.2, 0.25) is 17.7 Å². The fourth-order valence-electron chi connectivity index (χ4n) is 3.80. The number of amides is 6. The third-order valence-electron chi connectivity index (χ3n) is 6.04. The third-order valence-corrected chi connectivity index (χ3v) is 6.04. The number of carbonyl (C=O) groups excluding carboxylic acids is 5. The Morgan fingerprint density at radius 2 is 1.57 bits per heavy atom. The number of alkyl carbamates (subject to hydrolysis) is 1. The van der Waals surface area contributed by atoms with Gasteiger partial charge >= 0.3 is 12.1 Å². The second-order valence-electron chi connectivity index (χ2n) is 9.89. The molecule has 0 aliphatic heterocycles. The maximum absolute atomic E-state index is 13.2. The standard InChI is InChI=1S/C28H46N6O6/c1-5-7-8-9-12-23(35)34-24(19(3)4)26(37)33-22(11-10-17-31-27(29)38)25(36)32-21-15-13-20(14-16-21)18-40-28(39)30-6-2/h13-16,19,22,24H,5-12,17-18H2,1-4H3,(H,30,39)(H,32,36)(H,33,37)(H,34,35)(H3,29,31,38). The lowest BCUT2D eigenvalue weighted by Crippen LogP contribution is -2.54. The second-order valence-corrected chi connectivity index (χ2v) is 9.89. The first-order chi connectivity index (χ1) is 19.1. The summed E-state index contributed by atoms with van der Waals surface area (Å²) in [4.78, 5) is 61.3. The molecule has 1 aromatic rings. The minimum atomic E-state index is -0.925. The summed E-state index contributed by atoms with van der Waals surface area (Å²) >= 11 is 0. The summed E-state index contributed by atoms with van der Waals surface area (Å²) in [7, 11) is 0. The zero-order valence-electron chi connectivity index (χ0n) is 24.1. The van der Waals surface area contributed by atoms with Gasteiger partial charge in [0.05, 0.1) is 0 Å². The molecule has 0 heterocycles. The molecule has 2 unspecified atom stereocenters. The van der Waals surface area contributed by atoms with Crippen LogP contribution < -0.4 is 32.3 Å². The van der Waals surface area contributed by atoms with E-state index in [1.54, 1.807) is 31.2 Å². The Morgan fingerprint density at radius 1 is 0.875 bits per heavy atom. The molecule has 0 fully saturated rings. The number of benzene rings is 1. The number of unbranched alkanes of at least 4 members (excludes halogenated alkanes) is 3. The molecule has 0 aromatic heterocycles. The normalized spacial score (nSPS) is 12.1. The lowest BCUT2D eigenvalue weighted by Gasteiger charge is -2.25. The van der Waals surface area contributed by atoms with Gasteiger partial charge in [-0.2, -0.15) is 0 Å². The van der Waals surface area contributed by atoms with Crippen LogP contribution in [0, 0.1) is 5.92 Å². The van der Waals surface area contributed by atoms with E-state index in [9.17, 15) is 24.0 Å². The van der Waals surface area contributed by atoms with Crippen LogP contribution in [0.2, 0.25) is 0 Å². The third kappa shape index (κ3) is 14.4. The highest BCUT2D eigenvalue weighted by Crippen LogP contribution is 2.13. The summed E-state index contributed by atoms with van der Waals surface area (Å²) in [5.74, 6) is -1.31. The van der Waals surface area contributed by atoms with Crippen LogP contribution in [0.1, 0.15) is 78.2 Å². The number of hydrogen-bond donors (Lipinski definition) is 6. The highest BCUT2D eigenvalue weighted by Gasteiger charge is 2.28. The molecule has 40 heavy (non-hydrogen) atoms. The van der Waals surface area contributed by atoms with Gasteiger partial charge in [0.1, 0.15) is 18.7 Å². The van der Waals surface area contributed by atoms with Gasteiger partial charge in [-0.25, -0.2) is 9.59 Å². The number of nitrogens with one attached hydrogen (secondary N) is 5.